The third-order valence-electron chi connectivity index (χ3n) is 2.98. The molecule has 1 aromatic heterocycles. The number of methoxy groups -OCH3 is 1. The molecule has 0 fully saturated rings. The van der Waals surface area contributed by atoms with E-state index in [2.05, 4.69) is 15.4 Å². The van der Waals surface area contributed by atoms with Gasteiger partial charge in [-0.25, -0.2) is 9.67 Å². The fourth-order valence-corrected chi connectivity index (χ4v) is 1.86. The van der Waals surface area contributed by atoms with E-state index in [9.17, 15) is 4.79 Å². The van der Waals surface area contributed by atoms with Crippen molar-refractivity contribution in [1.82, 2.24) is 14.8 Å². The Morgan fingerprint density at radius 2 is 2.38 bits per heavy atom. The maximum absolute atomic E-state index is 11.9. The topological polar surface area (TPSA) is 95.1 Å². The first-order chi connectivity index (χ1) is 10.2. The van der Waals surface area contributed by atoms with Crippen LogP contribution in [-0.2, 0) is 16.1 Å². The maximum atomic E-state index is 11.9. The third kappa shape index (κ3) is 4.66. The van der Waals surface area contributed by atoms with E-state index in [-0.39, 0.29) is 5.91 Å². The monoisotopic (exact) mass is 289 g/mol. The molecule has 0 radical (unpaired) electrons. The third-order valence-corrected chi connectivity index (χ3v) is 2.98. The molecule has 21 heavy (non-hydrogen) atoms. The number of benzene rings is 1. The van der Waals surface area contributed by atoms with Crippen molar-refractivity contribution < 1.29 is 9.53 Å². The molecule has 3 N–H and O–H groups in total. The van der Waals surface area contributed by atoms with Crippen LogP contribution in [0.3, 0.4) is 0 Å². The maximum Gasteiger partial charge on any atom is 0.241 e. The molecule has 112 valence electrons. The molecule has 0 aliphatic heterocycles. The van der Waals surface area contributed by atoms with E-state index in [1.807, 2.05) is 24.3 Å². The minimum Gasteiger partial charge on any atom is -0.385 e. The summed E-state index contributed by atoms with van der Waals surface area (Å²) in [6, 6.07) is 6.98. The van der Waals surface area contributed by atoms with E-state index in [1.165, 1.54) is 6.33 Å². The molecule has 2 aromatic rings. The number of nitrogens with zero attached hydrogens (tertiary/aromatic N) is 3. The Balaban J connectivity index is 1.96. The van der Waals surface area contributed by atoms with Crippen molar-refractivity contribution in [2.75, 3.05) is 19.0 Å². The first-order valence-corrected chi connectivity index (χ1v) is 6.66. The van der Waals surface area contributed by atoms with Gasteiger partial charge in [-0.05, 0) is 24.1 Å². The van der Waals surface area contributed by atoms with Crippen molar-refractivity contribution in [2.45, 2.75) is 19.0 Å². The van der Waals surface area contributed by atoms with E-state index in [4.69, 9.17) is 10.5 Å². The highest BCUT2D eigenvalue weighted by molar-refractivity contribution is 5.94. The molecule has 7 nitrogen and oxygen atoms in total. The smallest absolute Gasteiger partial charge is 0.241 e. The molecule has 1 atom stereocenters. The molecule has 1 amide bonds. The Morgan fingerprint density at radius 3 is 3.10 bits per heavy atom. The van der Waals surface area contributed by atoms with Crippen LogP contribution in [0.15, 0.2) is 36.9 Å². The van der Waals surface area contributed by atoms with Crippen LogP contribution in [0.2, 0.25) is 0 Å². The van der Waals surface area contributed by atoms with E-state index in [1.54, 1.807) is 18.1 Å². The largest absolute Gasteiger partial charge is 0.385 e. The Hall–Kier alpha value is -2.25. The van der Waals surface area contributed by atoms with Crippen LogP contribution < -0.4 is 11.1 Å². The molecular weight excluding hydrogens is 270 g/mol. The Bertz CT molecular complexity index is 571. The first kappa shape index (κ1) is 15.1. The number of carbonyl (C=O) groups excluding carboxylic acids is 1. The van der Waals surface area contributed by atoms with Crippen molar-refractivity contribution in [3.63, 3.8) is 0 Å². The molecule has 0 saturated carbocycles. The molecule has 0 aliphatic rings. The van der Waals surface area contributed by atoms with Crippen LogP contribution in [0.5, 0.6) is 0 Å². The summed E-state index contributed by atoms with van der Waals surface area (Å²) >= 11 is 0. The predicted octanol–water partition coefficient (Wildman–Crippen LogP) is 0.629. The number of aromatic nitrogens is 3. The average Bonchev–Trinajstić information content (AvgIpc) is 2.98. The van der Waals surface area contributed by atoms with Gasteiger partial charge >= 0.3 is 0 Å². The number of carbonyl (C=O) groups is 1. The number of amides is 1. The van der Waals surface area contributed by atoms with Crippen LogP contribution >= 0.6 is 0 Å². The van der Waals surface area contributed by atoms with E-state index >= 15 is 0 Å². The number of nitrogens with one attached hydrogen (secondary N) is 1. The van der Waals surface area contributed by atoms with Gasteiger partial charge in [0.25, 0.3) is 0 Å². The molecule has 2 rings (SSSR count). The number of ether oxygens (including phenoxy) is 1. The molecule has 1 heterocycles. The zero-order valence-corrected chi connectivity index (χ0v) is 11.9. The van der Waals surface area contributed by atoms with Crippen molar-refractivity contribution >= 4 is 11.6 Å². The number of anilines is 1. The van der Waals surface area contributed by atoms with Crippen molar-refractivity contribution in [3.8, 4) is 0 Å². The summed E-state index contributed by atoms with van der Waals surface area (Å²) in [6.45, 7) is 1.06. The summed E-state index contributed by atoms with van der Waals surface area (Å²) in [5.74, 6) is -0.218. The van der Waals surface area contributed by atoms with Gasteiger partial charge in [0.1, 0.15) is 12.7 Å². The lowest BCUT2D eigenvalue weighted by molar-refractivity contribution is -0.117. The highest BCUT2D eigenvalue weighted by Gasteiger charge is 2.13. The lowest BCUT2D eigenvalue weighted by atomic mass is 10.1. The Labute approximate surface area is 123 Å². The Kier molecular flexibility index (Phi) is 5.42. The normalized spacial score (nSPS) is 12.1. The van der Waals surface area contributed by atoms with Crippen LogP contribution in [-0.4, -0.2) is 40.4 Å². The SMILES string of the molecule is COCCC(N)C(=O)Nc1cccc(Cn2cncn2)c1. The lowest BCUT2D eigenvalue weighted by Crippen LogP contribution is -2.36. The average molecular weight is 289 g/mol. The predicted molar refractivity (Wildman–Crippen MR) is 78.7 cm³/mol. The van der Waals surface area contributed by atoms with Crippen molar-refractivity contribution in [2.24, 2.45) is 5.73 Å². The fraction of sp³-hybridized carbons (Fsp3) is 0.357. The first-order valence-electron chi connectivity index (χ1n) is 6.66. The van der Waals surface area contributed by atoms with Gasteiger partial charge in [0.15, 0.2) is 0 Å². The molecule has 7 heteroatoms. The van der Waals surface area contributed by atoms with Gasteiger partial charge in [0, 0.05) is 19.4 Å². The molecule has 0 spiro atoms. The van der Waals surface area contributed by atoms with Gasteiger partial charge in [-0.2, -0.15) is 5.10 Å². The second-order valence-corrected chi connectivity index (χ2v) is 4.67. The molecule has 0 saturated heterocycles. The molecule has 1 unspecified atom stereocenters. The highest BCUT2D eigenvalue weighted by Crippen LogP contribution is 2.12. The van der Waals surface area contributed by atoms with E-state index < -0.39 is 6.04 Å². The van der Waals surface area contributed by atoms with Gasteiger partial charge in [-0.1, -0.05) is 12.1 Å². The lowest BCUT2D eigenvalue weighted by Gasteiger charge is -2.12. The number of hydrogen-bond donors (Lipinski definition) is 2. The number of rotatable bonds is 7. The molecular formula is C14H19N5O2. The molecule has 0 bridgehead atoms. The zero-order chi connectivity index (χ0) is 15.1. The van der Waals surface area contributed by atoms with E-state index in [0.717, 1.165) is 5.56 Å². The number of nitrogens with two attached hydrogens (primary N) is 1. The standard InChI is InChI=1S/C14H19N5O2/c1-21-6-5-13(15)14(20)18-12-4-2-3-11(7-12)8-19-10-16-9-17-19/h2-4,7,9-10,13H,5-6,8,15H2,1H3,(H,18,20). The number of hydrogen-bond acceptors (Lipinski definition) is 5. The summed E-state index contributed by atoms with van der Waals surface area (Å²) in [5.41, 5.74) is 7.52. The van der Waals surface area contributed by atoms with Crippen LogP contribution in [0.25, 0.3) is 0 Å². The second-order valence-electron chi connectivity index (χ2n) is 4.67. The second kappa shape index (κ2) is 7.51. The van der Waals surface area contributed by atoms with Gasteiger partial charge in [-0.15, -0.1) is 0 Å². The van der Waals surface area contributed by atoms with Crippen LogP contribution in [0.1, 0.15) is 12.0 Å². The molecule has 0 aliphatic carbocycles. The summed E-state index contributed by atoms with van der Waals surface area (Å²) in [4.78, 5) is 15.8. The van der Waals surface area contributed by atoms with Gasteiger partial charge < -0.3 is 15.8 Å². The summed E-state index contributed by atoms with van der Waals surface area (Å²) in [5, 5.41) is 6.85. The quantitative estimate of drug-likeness (QED) is 0.779. The van der Waals surface area contributed by atoms with Crippen molar-refractivity contribution in [3.05, 3.63) is 42.5 Å². The highest BCUT2D eigenvalue weighted by atomic mass is 16.5. The van der Waals surface area contributed by atoms with Crippen molar-refractivity contribution in [1.29, 1.82) is 0 Å². The minimum absolute atomic E-state index is 0.218. The zero-order valence-electron chi connectivity index (χ0n) is 11.9. The van der Waals surface area contributed by atoms with Gasteiger partial charge in [0.2, 0.25) is 5.91 Å². The van der Waals surface area contributed by atoms with Crippen LogP contribution in [0.4, 0.5) is 5.69 Å². The molecule has 1 aromatic carbocycles. The summed E-state index contributed by atoms with van der Waals surface area (Å²) in [7, 11) is 1.58. The summed E-state index contributed by atoms with van der Waals surface area (Å²) < 4.78 is 6.63. The van der Waals surface area contributed by atoms with Gasteiger partial charge in [-0.3, -0.25) is 4.79 Å². The summed E-state index contributed by atoms with van der Waals surface area (Å²) in [6.07, 6.45) is 3.62. The Morgan fingerprint density at radius 1 is 1.52 bits per heavy atom. The van der Waals surface area contributed by atoms with E-state index in [0.29, 0.717) is 25.3 Å². The minimum atomic E-state index is -0.580. The van der Waals surface area contributed by atoms with Crippen LogP contribution in [0, 0.1) is 0 Å². The fourth-order valence-electron chi connectivity index (χ4n) is 1.86. The van der Waals surface area contributed by atoms with Gasteiger partial charge in [0.05, 0.1) is 12.6 Å².